The summed E-state index contributed by atoms with van der Waals surface area (Å²) in [5.41, 5.74) is 0.942. The third-order valence-electron chi connectivity index (χ3n) is 4.55. The zero-order valence-corrected chi connectivity index (χ0v) is 14.1. The van der Waals surface area contributed by atoms with Crippen LogP contribution in [-0.4, -0.2) is 27.7 Å². The molecule has 0 aliphatic carbocycles. The van der Waals surface area contributed by atoms with Crippen molar-refractivity contribution in [3.05, 3.63) is 53.4 Å². The minimum Gasteiger partial charge on any atom is -0.467 e. The summed E-state index contributed by atoms with van der Waals surface area (Å²) in [4.78, 5) is 3.47. The number of nitrogens with zero attached hydrogens (tertiary/aromatic N) is 2. The summed E-state index contributed by atoms with van der Waals surface area (Å²) >= 11 is 1.65. The first kappa shape index (κ1) is 15.6. The lowest BCUT2D eigenvalue weighted by Crippen LogP contribution is -2.30. The van der Waals surface area contributed by atoms with Crippen molar-refractivity contribution in [2.75, 3.05) is 6.54 Å². The summed E-state index contributed by atoms with van der Waals surface area (Å²) < 4.78 is 10.8. The number of furan rings is 1. The molecule has 1 saturated heterocycles. The molecule has 0 spiro atoms. The molecule has 1 N–H and O–H groups in total. The Morgan fingerprint density at radius 2 is 2.33 bits per heavy atom. The zero-order valence-electron chi connectivity index (χ0n) is 13.3. The maximum atomic E-state index is 10.3. The van der Waals surface area contributed by atoms with Crippen LogP contribution >= 0.6 is 11.3 Å². The normalized spacial score (nSPS) is 19.8. The van der Waals surface area contributed by atoms with Crippen LogP contribution < -0.4 is 0 Å². The first-order valence-corrected chi connectivity index (χ1v) is 9.12. The number of hydrogen-bond donors (Lipinski definition) is 1. The monoisotopic (exact) mass is 344 g/mol. The molecular weight excluding hydrogens is 324 g/mol. The highest BCUT2D eigenvalue weighted by atomic mass is 32.1. The van der Waals surface area contributed by atoms with Gasteiger partial charge in [0.15, 0.2) is 5.76 Å². The molecule has 0 radical (unpaired) electrons. The minimum atomic E-state index is -0.551. The Bertz CT molecular complexity index is 751. The molecule has 2 unspecified atom stereocenters. The van der Waals surface area contributed by atoms with Gasteiger partial charge in [-0.15, -0.1) is 11.3 Å². The van der Waals surface area contributed by atoms with Crippen molar-refractivity contribution in [2.45, 2.75) is 38.0 Å². The van der Waals surface area contributed by atoms with Crippen LogP contribution in [0.4, 0.5) is 0 Å². The topological polar surface area (TPSA) is 62.6 Å². The van der Waals surface area contributed by atoms with E-state index in [1.165, 1.54) is 0 Å². The molecule has 3 aromatic heterocycles. The molecule has 4 heterocycles. The van der Waals surface area contributed by atoms with Crippen molar-refractivity contribution in [3.8, 4) is 10.6 Å². The van der Waals surface area contributed by atoms with Gasteiger partial charge in [0.25, 0.3) is 0 Å². The van der Waals surface area contributed by atoms with E-state index in [0.717, 1.165) is 42.3 Å². The van der Waals surface area contributed by atoms with Gasteiger partial charge < -0.3 is 14.0 Å². The molecule has 1 aliphatic rings. The number of hydrogen-bond acceptors (Lipinski definition) is 6. The van der Waals surface area contributed by atoms with Gasteiger partial charge >= 0.3 is 0 Å². The standard InChI is InChI=1S/C18H20N2O3S/c21-15(16-5-2-8-22-16)11-14-4-1-7-20(14)12-13-10-17(23-19-13)18-6-3-9-24-18/h2-3,5-6,8-10,14-15,21H,1,4,7,11-12H2. The highest BCUT2D eigenvalue weighted by molar-refractivity contribution is 7.13. The van der Waals surface area contributed by atoms with E-state index in [2.05, 4.69) is 10.1 Å². The molecule has 0 amide bonds. The molecule has 1 aliphatic heterocycles. The van der Waals surface area contributed by atoms with Crippen LogP contribution in [-0.2, 0) is 6.54 Å². The number of aliphatic hydroxyl groups is 1. The minimum absolute atomic E-state index is 0.340. The summed E-state index contributed by atoms with van der Waals surface area (Å²) in [6, 6.07) is 10.0. The van der Waals surface area contributed by atoms with Crippen molar-refractivity contribution >= 4 is 11.3 Å². The fourth-order valence-corrected chi connectivity index (χ4v) is 4.03. The van der Waals surface area contributed by atoms with Gasteiger partial charge in [0.1, 0.15) is 11.9 Å². The van der Waals surface area contributed by atoms with E-state index in [-0.39, 0.29) is 0 Å². The van der Waals surface area contributed by atoms with E-state index < -0.39 is 6.10 Å². The maximum absolute atomic E-state index is 10.3. The summed E-state index contributed by atoms with van der Waals surface area (Å²) in [6.07, 6.45) is 3.97. The Kier molecular flexibility index (Phi) is 4.51. The number of aliphatic hydroxyl groups excluding tert-OH is 1. The Morgan fingerprint density at radius 3 is 3.12 bits per heavy atom. The average Bonchev–Trinajstić information content (AvgIpc) is 3.37. The largest absolute Gasteiger partial charge is 0.467 e. The molecule has 0 bridgehead atoms. The fourth-order valence-electron chi connectivity index (χ4n) is 3.35. The highest BCUT2D eigenvalue weighted by Crippen LogP contribution is 2.30. The SMILES string of the molecule is OC(CC1CCCN1Cc1cc(-c2cccs2)on1)c1ccco1. The molecule has 4 rings (SSSR count). The van der Waals surface area contributed by atoms with Gasteiger partial charge in [-0.3, -0.25) is 4.90 Å². The summed E-state index contributed by atoms with van der Waals surface area (Å²) in [5, 5.41) is 16.6. The summed E-state index contributed by atoms with van der Waals surface area (Å²) in [6.45, 7) is 1.78. The number of likely N-dealkylation sites (tertiary alicyclic amines) is 1. The van der Waals surface area contributed by atoms with E-state index in [4.69, 9.17) is 8.94 Å². The van der Waals surface area contributed by atoms with Crippen LogP contribution in [0.15, 0.2) is 50.9 Å². The van der Waals surface area contributed by atoms with Crippen LogP contribution in [0.2, 0.25) is 0 Å². The van der Waals surface area contributed by atoms with Gasteiger partial charge in [-0.05, 0) is 49.4 Å². The molecule has 5 nitrogen and oxygen atoms in total. The van der Waals surface area contributed by atoms with E-state index in [0.29, 0.717) is 18.2 Å². The molecule has 6 heteroatoms. The van der Waals surface area contributed by atoms with E-state index >= 15 is 0 Å². The second-order valence-corrected chi connectivity index (χ2v) is 7.14. The molecule has 1 fully saturated rings. The number of thiophene rings is 1. The molecule has 2 atom stereocenters. The predicted molar refractivity (Wildman–Crippen MR) is 91.5 cm³/mol. The maximum Gasteiger partial charge on any atom is 0.177 e. The smallest absolute Gasteiger partial charge is 0.177 e. The van der Waals surface area contributed by atoms with Crippen LogP contribution in [0.5, 0.6) is 0 Å². The predicted octanol–water partition coefficient (Wildman–Crippen LogP) is 4.08. The van der Waals surface area contributed by atoms with Gasteiger partial charge in [-0.1, -0.05) is 11.2 Å². The fraction of sp³-hybridized carbons (Fsp3) is 0.389. The van der Waals surface area contributed by atoms with E-state index in [9.17, 15) is 5.11 Å². The van der Waals surface area contributed by atoms with Crippen LogP contribution in [0.3, 0.4) is 0 Å². The van der Waals surface area contributed by atoms with Crippen molar-refractivity contribution in [2.24, 2.45) is 0 Å². The highest BCUT2D eigenvalue weighted by Gasteiger charge is 2.28. The third-order valence-corrected chi connectivity index (χ3v) is 5.44. The molecule has 0 aromatic carbocycles. The van der Waals surface area contributed by atoms with Crippen LogP contribution in [0.1, 0.15) is 36.8 Å². The van der Waals surface area contributed by atoms with E-state index in [1.54, 1.807) is 17.6 Å². The van der Waals surface area contributed by atoms with Crippen molar-refractivity contribution in [1.82, 2.24) is 10.1 Å². The number of aromatic nitrogens is 1. The number of rotatable bonds is 6. The average molecular weight is 344 g/mol. The molecule has 3 aromatic rings. The molecule has 24 heavy (non-hydrogen) atoms. The Balaban J connectivity index is 1.40. The first-order valence-electron chi connectivity index (χ1n) is 8.24. The van der Waals surface area contributed by atoms with Gasteiger partial charge in [0.05, 0.1) is 16.8 Å². The Labute approximate surface area is 144 Å². The quantitative estimate of drug-likeness (QED) is 0.730. The Hall–Kier alpha value is -1.89. The van der Waals surface area contributed by atoms with Crippen LogP contribution in [0, 0.1) is 0 Å². The van der Waals surface area contributed by atoms with E-state index in [1.807, 2.05) is 35.7 Å². The van der Waals surface area contributed by atoms with Crippen LogP contribution in [0.25, 0.3) is 10.6 Å². The van der Waals surface area contributed by atoms with Gasteiger partial charge in [0, 0.05) is 18.7 Å². The first-order chi connectivity index (χ1) is 11.8. The lowest BCUT2D eigenvalue weighted by atomic mass is 10.1. The zero-order chi connectivity index (χ0) is 16.4. The van der Waals surface area contributed by atoms with Crippen molar-refractivity contribution in [3.63, 3.8) is 0 Å². The second-order valence-electron chi connectivity index (χ2n) is 6.19. The molecule has 126 valence electrons. The Morgan fingerprint density at radius 1 is 1.38 bits per heavy atom. The second kappa shape index (κ2) is 6.93. The third kappa shape index (κ3) is 3.31. The van der Waals surface area contributed by atoms with Gasteiger partial charge in [0.2, 0.25) is 0 Å². The van der Waals surface area contributed by atoms with Gasteiger partial charge in [-0.25, -0.2) is 0 Å². The molecular formula is C18H20N2O3S. The van der Waals surface area contributed by atoms with Crippen molar-refractivity contribution < 1.29 is 14.0 Å². The summed E-state index contributed by atoms with van der Waals surface area (Å²) in [7, 11) is 0. The summed E-state index contributed by atoms with van der Waals surface area (Å²) in [5.74, 6) is 1.47. The lowest BCUT2D eigenvalue weighted by Gasteiger charge is -2.24. The van der Waals surface area contributed by atoms with Gasteiger partial charge in [-0.2, -0.15) is 0 Å². The molecule has 0 saturated carbocycles. The van der Waals surface area contributed by atoms with Crippen molar-refractivity contribution in [1.29, 1.82) is 0 Å². The lowest BCUT2D eigenvalue weighted by molar-refractivity contribution is 0.0987.